The molecule has 3 aromatic rings. The van der Waals surface area contributed by atoms with Gasteiger partial charge in [0, 0.05) is 37.5 Å². The van der Waals surface area contributed by atoms with E-state index in [1.54, 1.807) is 6.20 Å². The third-order valence-electron chi connectivity index (χ3n) is 6.73. The van der Waals surface area contributed by atoms with E-state index < -0.39 is 5.97 Å². The first-order chi connectivity index (χ1) is 16.0. The highest BCUT2D eigenvalue weighted by Crippen LogP contribution is 2.31. The zero-order chi connectivity index (χ0) is 22.8. The van der Waals surface area contributed by atoms with Gasteiger partial charge in [0.1, 0.15) is 11.6 Å². The number of nitrogens with zero attached hydrogens (tertiary/aromatic N) is 4. The van der Waals surface area contributed by atoms with Crippen LogP contribution >= 0.6 is 11.6 Å². The standard InChI is InChI=1S/C24H28ClN5O3/c25-17-12-20-24(27-14-17)29-23(28-20)16-3-6-21(26-13-16)30-9-7-19(8-10-30)33-18-4-1-15(2-5-18)11-22(31)32/h3,6,12-15,18-19H,1-2,4-5,7-11H2,(H,31,32)(H,27,28,29). The molecule has 0 aromatic carbocycles. The number of halogens is 1. The van der Waals surface area contributed by atoms with Gasteiger partial charge in [-0.1, -0.05) is 11.6 Å². The molecule has 9 heteroatoms. The average molecular weight is 470 g/mol. The third-order valence-corrected chi connectivity index (χ3v) is 6.94. The lowest BCUT2D eigenvalue weighted by atomic mass is 9.85. The minimum Gasteiger partial charge on any atom is -0.481 e. The molecular weight excluding hydrogens is 442 g/mol. The fourth-order valence-corrected chi connectivity index (χ4v) is 5.09. The molecule has 4 heterocycles. The number of carbonyl (C=O) groups is 1. The topological polar surface area (TPSA) is 104 Å². The van der Waals surface area contributed by atoms with Crippen LogP contribution in [0.3, 0.4) is 0 Å². The van der Waals surface area contributed by atoms with E-state index in [1.165, 1.54) is 0 Å². The molecule has 8 nitrogen and oxygen atoms in total. The van der Waals surface area contributed by atoms with E-state index in [4.69, 9.17) is 21.4 Å². The average Bonchev–Trinajstić information content (AvgIpc) is 3.24. The van der Waals surface area contributed by atoms with E-state index in [1.807, 2.05) is 24.4 Å². The van der Waals surface area contributed by atoms with Gasteiger partial charge in [0.15, 0.2) is 5.65 Å². The Morgan fingerprint density at radius 1 is 1.09 bits per heavy atom. The number of hydrogen-bond acceptors (Lipinski definition) is 6. The number of aromatic amines is 1. The summed E-state index contributed by atoms with van der Waals surface area (Å²) in [5.74, 6) is 1.31. The number of carboxylic acid groups (broad SMARTS) is 1. The molecule has 1 saturated carbocycles. The number of imidazole rings is 1. The summed E-state index contributed by atoms with van der Waals surface area (Å²) in [4.78, 5) is 29.9. The number of hydrogen-bond donors (Lipinski definition) is 2. The van der Waals surface area contributed by atoms with Gasteiger partial charge in [-0.15, -0.1) is 0 Å². The number of aromatic nitrogens is 4. The number of anilines is 1. The minimum absolute atomic E-state index is 0.274. The number of H-pyrrole nitrogens is 1. The summed E-state index contributed by atoms with van der Waals surface area (Å²) >= 11 is 6.01. The molecule has 5 rings (SSSR count). The Morgan fingerprint density at radius 3 is 2.55 bits per heavy atom. The number of pyridine rings is 2. The summed E-state index contributed by atoms with van der Waals surface area (Å²) in [7, 11) is 0. The SMILES string of the molecule is O=C(O)CC1CCC(OC2CCN(c3ccc(-c4nc5ncc(Cl)cc5[nH]4)cn3)CC2)CC1. The number of fused-ring (bicyclic) bond motifs is 1. The van der Waals surface area contributed by atoms with E-state index in [0.29, 0.717) is 23.0 Å². The second-order valence-corrected chi connectivity index (χ2v) is 9.51. The van der Waals surface area contributed by atoms with Gasteiger partial charge in [0.2, 0.25) is 0 Å². The van der Waals surface area contributed by atoms with E-state index in [-0.39, 0.29) is 12.2 Å². The third kappa shape index (κ3) is 5.28. The van der Waals surface area contributed by atoms with Crippen LogP contribution in [0.2, 0.25) is 5.02 Å². The van der Waals surface area contributed by atoms with Crippen molar-refractivity contribution in [2.24, 2.45) is 5.92 Å². The molecule has 2 aliphatic rings. The van der Waals surface area contributed by atoms with Crippen LogP contribution in [0.4, 0.5) is 5.82 Å². The normalized spacial score (nSPS) is 22.0. The van der Waals surface area contributed by atoms with Crippen molar-refractivity contribution in [3.05, 3.63) is 35.6 Å². The predicted octanol–water partition coefficient (Wildman–Crippen LogP) is 4.69. The quantitative estimate of drug-likeness (QED) is 0.539. The Bertz CT molecular complexity index is 1100. The van der Waals surface area contributed by atoms with Gasteiger partial charge in [-0.05, 0) is 62.6 Å². The van der Waals surface area contributed by atoms with Gasteiger partial charge < -0.3 is 19.7 Å². The molecule has 174 valence electrons. The predicted molar refractivity (Wildman–Crippen MR) is 126 cm³/mol. The fraction of sp³-hybridized carbons (Fsp3) is 0.500. The summed E-state index contributed by atoms with van der Waals surface area (Å²) in [6.07, 6.45) is 10.1. The summed E-state index contributed by atoms with van der Waals surface area (Å²) in [5.41, 5.74) is 2.35. The van der Waals surface area contributed by atoms with Crippen molar-refractivity contribution in [1.82, 2.24) is 19.9 Å². The van der Waals surface area contributed by atoms with Crippen molar-refractivity contribution in [3.63, 3.8) is 0 Å². The van der Waals surface area contributed by atoms with Crippen LogP contribution in [0.1, 0.15) is 44.9 Å². The Hall–Kier alpha value is -2.71. The number of aliphatic carboxylic acids is 1. The van der Waals surface area contributed by atoms with Crippen LogP contribution in [0.25, 0.3) is 22.6 Å². The Kier molecular flexibility index (Phi) is 6.46. The lowest BCUT2D eigenvalue weighted by molar-refractivity contribution is -0.138. The van der Waals surface area contributed by atoms with Gasteiger partial charge in [-0.2, -0.15) is 0 Å². The van der Waals surface area contributed by atoms with Crippen molar-refractivity contribution in [2.45, 2.75) is 57.2 Å². The van der Waals surface area contributed by atoms with Crippen LogP contribution in [0, 0.1) is 5.92 Å². The largest absolute Gasteiger partial charge is 0.481 e. The Balaban J connectivity index is 1.12. The highest BCUT2D eigenvalue weighted by atomic mass is 35.5. The van der Waals surface area contributed by atoms with Crippen molar-refractivity contribution >= 4 is 34.6 Å². The Morgan fingerprint density at radius 2 is 1.85 bits per heavy atom. The first kappa shape index (κ1) is 22.1. The molecule has 1 aliphatic carbocycles. The molecule has 0 radical (unpaired) electrons. The number of carboxylic acids is 1. The van der Waals surface area contributed by atoms with Crippen LogP contribution < -0.4 is 4.90 Å². The molecule has 2 N–H and O–H groups in total. The lowest BCUT2D eigenvalue weighted by Crippen LogP contribution is -2.39. The molecule has 0 bridgehead atoms. The van der Waals surface area contributed by atoms with Crippen molar-refractivity contribution < 1.29 is 14.6 Å². The van der Waals surface area contributed by atoms with Crippen LogP contribution in [0.5, 0.6) is 0 Å². The molecule has 0 amide bonds. The van der Waals surface area contributed by atoms with Crippen LogP contribution in [0.15, 0.2) is 30.6 Å². The molecule has 3 aromatic heterocycles. The maximum Gasteiger partial charge on any atom is 0.303 e. The molecule has 0 unspecified atom stereocenters. The maximum absolute atomic E-state index is 10.9. The minimum atomic E-state index is -0.687. The molecular formula is C24H28ClN5O3. The smallest absolute Gasteiger partial charge is 0.303 e. The van der Waals surface area contributed by atoms with Gasteiger partial charge >= 0.3 is 5.97 Å². The number of rotatable bonds is 6. The fourth-order valence-electron chi connectivity index (χ4n) is 4.94. The molecule has 0 spiro atoms. The molecule has 1 saturated heterocycles. The first-order valence-electron chi connectivity index (χ1n) is 11.6. The number of piperidine rings is 1. The first-order valence-corrected chi connectivity index (χ1v) is 12.0. The number of ether oxygens (including phenoxy) is 1. The highest BCUT2D eigenvalue weighted by Gasteiger charge is 2.28. The van der Waals surface area contributed by atoms with E-state index in [0.717, 1.165) is 74.3 Å². The van der Waals surface area contributed by atoms with Crippen molar-refractivity contribution in [2.75, 3.05) is 18.0 Å². The lowest BCUT2D eigenvalue weighted by Gasteiger charge is -2.36. The van der Waals surface area contributed by atoms with Gasteiger partial charge in [0.25, 0.3) is 0 Å². The van der Waals surface area contributed by atoms with Crippen molar-refractivity contribution in [1.29, 1.82) is 0 Å². The summed E-state index contributed by atoms with van der Waals surface area (Å²) in [6.45, 7) is 1.83. The zero-order valence-corrected chi connectivity index (χ0v) is 19.2. The second kappa shape index (κ2) is 9.65. The van der Waals surface area contributed by atoms with Gasteiger partial charge in [-0.25, -0.2) is 15.0 Å². The molecule has 33 heavy (non-hydrogen) atoms. The van der Waals surface area contributed by atoms with E-state index in [9.17, 15) is 4.79 Å². The zero-order valence-electron chi connectivity index (χ0n) is 18.4. The van der Waals surface area contributed by atoms with Gasteiger partial charge in [0.05, 0.1) is 22.7 Å². The summed E-state index contributed by atoms with van der Waals surface area (Å²) < 4.78 is 6.36. The van der Waals surface area contributed by atoms with E-state index in [2.05, 4.69) is 24.8 Å². The van der Waals surface area contributed by atoms with Crippen LogP contribution in [-0.2, 0) is 9.53 Å². The monoisotopic (exact) mass is 469 g/mol. The van der Waals surface area contributed by atoms with Gasteiger partial charge in [-0.3, -0.25) is 4.79 Å². The summed E-state index contributed by atoms with van der Waals surface area (Å²) in [5, 5.41) is 9.54. The summed E-state index contributed by atoms with van der Waals surface area (Å²) in [6, 6.07) is 5.88. The second-order valence-electron chi connectivity index (χ2n) is 9.08. The van der Waals surface area contributed by atoms with Crippen LogP contribution in [-0.4, -0.2) is 56.3 Å². The highest BCUT2D eigenvalue weighted by molar-refractivity contribution is 6.31. The van der Waals surface area contributed by atoms with Crippen molar-refractivity contribution in [3.8, 4) is 11.4 Å². The number of nitrogens with one attached hydrogen (secondary N) is 1. The van der Waals surface area contributed by atoms with E-state index >= 15 is 0 Å². The Labute approximate surface area is 197 Å². The molecule has 0 atom stereocenters. The molecule has 2 fully saturated rings. The molecule has 1 aliphatic heterocycles. The maximum atomic E-state index is 10.9.